The molecule has 180 valence electrons. The summed E-state index contributed by atoms with van der Waals surface area (Å²) in [5, 5.41) is 0. The van der Waals surface area contributed by atoms with Crippen molar-refractivity contribution in [3.05, 3.63) is 89.0 Å². The largest absolute Gasteiger partial charge is 0.429 e. The SMILES string of the molecule is Cc1ccc(-c2ccc(C(F)(F)Oc3ccc(CCC4CCC(C)CC4)c(F)c3)c(F)c2)cc1. The maximum atomic E-state index is 14.8. The molecule has 1 aliphatic carbocycles. The standard InChI is InChI=1S/C29H30F4O/c1-19-3-7-21(8-4-19)9-12-23-13-15-25(18-27(23)30)34-29(32,33)26-16-14-24(17-28(26)31)22-10-5-20(2)6-11-22/h5-6,10-11,13-19,21H,3-4,7-9,12H2,1-2H3. The summed E-state index contributed by atoms with van der Waals surface area (Å²) in [6.07, 6.45) is 2.24. The van der Waals surface area contributed by atoms with E-state index in [2.05, 4.69) is 6.92 Å². The molecule has 1 fully saturated rings. The zero-order valence-corrected chi connectivity index (χ0v) is 19.6. The summed E-state index contributed by atoms with van der Waals surface area (Å²) in [5.41, 5.74) is 1.85. The first-order chi connectivity index (χ1) is 16.2. The van der Waals surface area contributed by atoms with Gasteiger partial charge in [-0.15, -0.1) is 0 Å². The van der Waals surface area contributed by atoms with E-state index in [4.69, 9.17) is 4.74 Å². The van der Waals surface area contributed by atoms with Gasteiger partial charge in [-0.05, 0) is 66.5 Å². The van der Waals surface area contributed by atoms with Gasteiger partial charge in [0.1, 0.15) is 17.4 Å². The zero-order valence-electron chi connectivity index (χ0n) is 19.6. The van der Waals surface area contributed by atoms with Crippen molar-refractivity contribution >= 4 is 0 Å². The second-order valence-electron chi connectivity index (χ2n) is 9.60. The Kier molecular flexibility index (Phi) is 7.30. The van der Waals surface area contributed by atoms with Crippen molar-refractivity contribution in [2.24, 2.45) is 11.8 Å². The van der Waals surface area contributed by atoms with E-state index in [1.165, 1.54) is 31.0 Å². The molecule has 0 saturated heterocycles. The van der Waals surface area contributed by atoms with Crippen LogP contribution < -0.4 is 4.74 Å². The topological polar surface area (TPSA) is 9.23 Å². The average Bonchev–Trinajstić information content (AvgIpc) is 2.79. The Morgan fingerprint density at radius 1 is 0.824 bits per heavy atom. The second kappa shape index (κ2) is 10.2. The monoisotopic (exact) mass is 470 g/mol. The minimum atomic E-state index is -3.94. The fourth-order valence-electron chi connectivity index (χ4n) is 4.65. The van der Waals surface area contributed by atoms with Gasteiger partial charge >= 0.3 is 6.11 Å². The van der Waals surface area contributed by atoms with Crippen molar-refractivity contribution in [2.75, 3.05) is 0 Å². The van der Waals surface area contributed by atoms with E-state index in [1.807, 2.05) is 19.1 Å². The molecule has 3 aromatic carbocycles. The Morgan fingerprint density at radius 3 is 2.15 bits per heavy atom. The van der Waals surface area contributed by atoms with Crippen LogP contribution in [0.4, 0.5) is 17.6 Å². The maximum absolute atomic E-state index is 14.8. The number of ether oxygens (including phenoxy) is 1. The van der Waals surface area contributed by atoms with Gasteiger partial charge in [0.2, 0.25) is 0 Å². The van der Waals surface area contributed by atoms with Crippen LogP contribution in [0.3, 0.4) is 0 Å². The van der Waals surface area contributed by atoms with Crippen molar-refractivity contribution in [3.63, 3.8) is 0 Å². The molecule has 0 amide bonds. The van der Waals surface area contributed by atoms with Crippen LogP contribution in [-0.2, 0) is 12.5 Å². The van der Waals surface area contributed by atoms with Crippen LogP contribution in [0, 0.1) is 30.4 Å². The van der Waals surface area contributed by atoms with E-state index < -0.39 is 23.3 Å². The molecule has 0 aliphatic heterocycles. The van der Waals surface area contributed by atoms with Crippen LogP contribution >= 0.6 is 0 Å². The first-order valence-corrected chi connectivity index (χ1v) is 11.9. The third-order valence-electron chi connectivity index (χ3n) is 6.90. The molecule has 0 atom stereocenters. The molecule has 4 rings (SSSR count). The molecule has 5 heteroatoms. The molecule has 0 heterocycles. The summed E-state index contributed by atoms with van der Waals surface area (Å²) in [6.45, 7) is 4.19. The van der Waals surface area contributed by atoms with Crippen molar-refractivity contribution in [3.8, 4) is 16.9 Å². The summed E-state index contributed by atoms with van der Waals surface area (Å²) in [7, 11) is 0. The number of benzene rings is 3. The number of aryl methyl sites for hydroxylation is 2. The highest BCUT2D eigenvalue weighted by atomic mass is 19.3. The Hall–Kier alpha value is -2.82. The van der Waals surface area contributed by atoms with E-state index in [0.29, 0.717) is 23.5 Å². The Bertz CT molecular complexity index is 1120. The lowest BCUT2D eigenvalue weighted by Crippen LogP contribution is -2.23. The molecule has 0 bridgehead atoms. The predicted octanol–water partition coefficient (Wildman–Crippen LogP) is 8.83. The van der Waals surface area contributed by atoms with Gasteiger partial charge in [0.05, 0.1) is 5.56 Å². The Balaban J connectivity index is 1.43. The lowest BCUT2D eigenvalue weighted by molar-refractivity contribution is -0.187. The number of alkyl halides is 2. The summed E-state index contributed by atoms with van der Waals surface area (Å²) >= 11 is 0. The van der Waals surface area contributed by atoms with Crippen molar-refractivity contribution in [1.82, 2.24) is 0 Å². The molecule has 0 aromatic heterocycles. The molecule has 1 aliphatic rings. The van der Waals surface area contributed by atoms with E-state index in [0.717, 1.165) is 54.5 Å². The van der Waals surface area contributed by atoms with Gasteiger partial charge in [-0.1, -0.05) is 74.6 Å². The minimum absolute atomic E-state index is 0.334. The second-order valence-corrected chi connectivity index (χ2v) is 9.60. The van der Waals surface area contributed by atoms with Crippen LogP contribution in [0.1, 0.15) is 55.7 Å². The van der Waals surface area contributed by atoms with Gasteiger partial charge in [-0.3, -0.25) is 0 Å². The highest BCUT2D eigenvalue weighted by Gasteiger charge is 2.38. The molecule has 0 N–H and O–H groups in total. The Morgan fingerprint density at radius 2 is 1.50 bits per heavy atom. The van der Waals surface area contributed by atoms with E-state index in [1.54, 1.807) is 12.1 Å². The van der Waals surface area contributed by atoms with Crippen LogP contribution in [0.5, 0.6) is 5.75 Å². The molecule has 34 heavy (non-hydrogen) atoms. The number of rotatable bonds is 7. The van der Waals surface area contributed by atoms with E-state index in [9.17, 15) is 17.6 Å². The molecule has 1 saturated carbocycles. The highest BCUT2D eigenvalue weighted by molar-refractivity contribution is 5.64. The molecular formula is C29H30F4O. The summed E-state index contributed by atoms with van der Waals surface area (Å²) in [6, 6.07) is 14.6. The highest BCUT2D eigenvalue weighted by Crippen LogP contribution is 2.36. The van der Waals surface area contributed by atoms with Gasteiger partial charge in [-0.25, -0.2) is 8.78 Å². The van der Waals surface area contributed by atoms with Crippen LogP contribution in [0.15, 0.2) is 60.7 Å². The third kappa shape index (κ3) is 5.81. The first kappa shape index (κ1) is 24.3. The molecule has 0 unspecified atom stereocenters. The zero-order chi connectivity index (χ0) is 24.3. The van der Waals surface area contributed by atoms with Gasteiger partial charge in [0, 0.05) is 6.07 Å². The molecule has 3 aromatic rings. The van der Waals surface area contributed by atoms with Crippen LogP contribution in [0.25, 0.3) is 11.1 Å². The molecule has 1 nitrogen and oxygen atoms in total. The maximum Gasteiger partial charge on any atom is 0.429 e. The van der Waals surface area contributed by atoms with E-state index >= 15 is 0 Å². The average molecular weight is 471 g/mol. The normalized spacial score (nSPS) is 18.6. The van der Waals surface area contributed by atoms with Crippen molar-refractivity contribution in [2.45, 2.75) is 58.5 Å². The van der Waals surface area contributed by atoms with Crippen molar-refractivity contribution < 1.29 is 22.3 Å². The number of hydrogen-bond donors (Lipinski definition) is 0. The lowest BCUT2D eigenvalue weighted by Gasteiger charge is -2.26. The summed E-state index contributed by atoms with van der Waals surface area (Å²) in [5.74, 6) is -0.647. The summed E-state index contributed by atoms with van der Waals surface area (Å²) < 4.78 is 63.5. The minimum Gasteiger partial charge on any atom is -0.429 e. The molecular weight excluding hydrogens is 440 g/mol. The fourth-order valence-corrected chi connectivity index (χ4v) is 4.65. The van der Waals surface area contributed by atoms with Gasteiger partial charge in [-0.2, -0.15) is 8.78 Å². The number of hydrogen-bond acceptors (Lipinski definition) is 1. The first-order valence-electron chi connectivity index (χ1n) is 11.9. The van der Waals surface area contributed by atoms with Gasteiger partial charge < -0.3 is 4.74 Å². The smallest absolute Gasteiger partial charge is 0.429 e. The quantitative estimate of drug-likeness (QED) is 0.314. The van der Waals surface area contributed by atoms with E-state index in [-0.39, 0.29) is 5.75 Å². The van der Waals surface area contributed by atoms with Crippen molar-refractivity contribution in [1.29, 1.82) is 0 Å². The molecule has 0 radical (unpaired) electrons. The van der Waals surface area contributed by atoms with Crippen LogP contribution in [-0.4, -0.2) is 0 Å². The molecule has 0 spiro atoms. The van der Waals surface area contributed by atoms with Crippen LogP contribution in [0.2, 0.25) is 0 Å². The third-order valence-corrected chi connectivity index (χ3v) is 6.90. The predicted molar refractivity (Wildman–Crippen MR) is 127 cm³/mol. The van der Waals surface area contributed by atoms with Gasteiger partial charge in [0.15, 0.2) is 0 Å². The summed E-state index contributed by atoms with van der Waals surface area (Å²) in [4.78, 5) is 0. The number of halogens is 4. The van der Waals surface area contributed by atoms with Gasteiger partial charge in [0.25, 0.3) is 0 Å². The Labute approximate surface area is 198 Å². The fraction of sp³-hybridized carbons (Fsp3) is 0.379. The lowest BCUT2D eigenvalue weighted by atomic mass is 9.80.